The first kappa shape index (κ1) is 18.0. The molecule has 0 saturated carbocycles. The van der Waals surface area contributed by atoms with Gasteiger partial charge in [0.2, 0.25) is 0 Å². The molecule has 120 valence electrons. The molecule has 1 aromatic carbocycles. The first-order valence-corrected chi connectivity index (χ1v) is 6.79. The van der Waals surface area contributed by atoms with Gasteiger partial charge in [-0.2, -0.15) is 0 Å². The van der Waals surface area contributed by atoms with Crippen molar-refractivity contribution >= 4 is 23.5 Å². The number of hydrogen-bond donors (Lipinski definition) is 1. The summed E-state index contributed by atoms with van der Waals surface area (Å²) in [7, 11) is 0. The van der Waals surface area contributed by atoms with Crippen molar-refractivity contribution in [3.05, 3.63) is 35.4 Å². The van der Waals surface area contributed by atoms with Gasteiger partial charge in [-0.3, -0.25) is 4.79 Å². The van der Waals surface area contributed by atoms with Crippen molar-refractivity contribution in [3.8, 4) is 11.5 Å². The molecule has 0 spiro atoms. The maximum Gasteiger partial charge on any atom is 0.333 e. The van der Waals surface area contributed by atoms with E-state index in [4.69, 9.17) is 21.4 Å². The van der Waals surface area contributed by atoms with Crippen LogP contribution in [0, 0.1) is 0 Å². The molecule has 1 aliphatic heterocycles. The molecule has 0 aromatic heterocycles. The minimum atomic E-state index is -0.998. The van der Waals surface area contributed by atoms with E-state index in [1.165, 1.54) is 13.8 Å². The molecule has 0 aliphatic carbocycles. The van der Waals surface area contributed by atoms with Crippen molar-refractivity contribution in [2.75, 3.05) is 13.2 Å². The number of benzene rings is 1. The van der Waals surface area contributed by atoms with E-state index in [-0.39, 0.29) is 18.8 Å². The van der Waals surface area contributed by atoms with E-state index in [0.717, 1.165) is 16.5 Å². The van der Waals surface area contributed by atoms with Gasteiger partial charge < -0.3 is 19.3 Å². The van der Waals surface area contributed by atoms with Crippen molar-refractivity contribution in [1.82, 2.24) is 0 Å². The lowest BCUT2D eigenvalue weighted by Gasteiger charge is -2.10. The summed E-state index contributed by atoms with van der Waals surface area (Å²) in [5, 5.41) is 9.88. The molecule has 1 atom stereocenters. The standard InChI is InChI=1S/C9H14O5.C6H3ClO/c1-6(2)9(12)14-5-8(11)4-13-7(3)10;7-4-1-2-5-6(3-4)8-5/h8,11H,1,4-5H2,2-3H3;1-3H. The van der Waals surface area contributed by atoms with Crippen LogP contribution in [0.25, 0.3) is 0 Å². The highest BCUT2D eigenvalue weighted by molar-refractivity contribution is 6.30. The fourth-order valence-corrected chi connectivity index (χ4v) is 1.36. The normalized spacial score (nSPS) is 11.8. The molecule has 7 heteroatoms. The van der Waals surface area contributed by atoms with Gasteiger partial charge in [-0.05, 0) is 19.1 Å². The van der Waals surface area contributed by atoms with Gasteiger partial charge >= 0.3 is 11.9 Å². The van der Waals surface area contributed by atoms with Crippen molar-refractivity contribution in [1.29, 1.82) is 0 Å². The van der Waals surface area contributed by atoms with Crippen LogP contribution in [0.4, 0.5) is 0 Å². The third-order valence-corrected chi connectivity index (χ3v) is 2.55. The number of aliphatic hydroxyl groups is 1. The largest absolute Gasteiger partial charge is 0.463 e. The first-order valence-electron chi connectivity index (χ1n) is 6.41. The van der Waals surface area contributed by atoms with E-state index < -0.39 is 18.0 Å². The Bertz CT molecular complexity index is 568. The molecule has 0 amide bonds. The number of fused-ring (bicyclic) bond motifs is 1. The van der Waals surface area contributed by atoms with Crippen LogP contribution in [0.2, 0.25) is 5.02 Å². The molecular weight excluding hydrogens is 312 g/mol. The molecule has 1 heterocycles. The minimum Gasteiger partial charge on any atom is -0.463 e. The van der Waals surface area contributed by atoms with Crippen molar-refractivity contribution in [3.63, 3.8) is 0 Å². The molecule has 0 fully saturated rings. The third kappa shape index (κ3) is 7.10. The summed E-state index contributed by atoms with van der Waals surface area (Å²) < 4.78 is 14.0. The lowest BCUT2D eigenvalue weighted by atomic mass is 10.3. The Hall–Kier alpha value is -2.05. The Morgan fingerprint density at radius 1 is 1.27 bits per heavy atom. The molecule has 2 rings (SSSR count). The Morgan fingerprint density at radius 2 is 1.91 bits per heavy atom. The zero-order valence-electron chi connectivity index (χ0n) is 12.3. The van der Waals surface area contributed by atoms with Gasteiger partial charge in [0.15, 0.2) is 11.5 Å². The molecule has 0 saturated heterocycles. The SMILES string of the molecule is C=C(C)C(=O)OCC(O)COC(C)=O.Clc1ccc2c(c1)O2. The summed E-state index contributed by atoms with van der Waals surface area (Å²) >= 11 is 5.60. The van der Waals surface area contributed by atoms with Gasteiger partial charge in [-0.25, -0.2) is 4.79 Å². The number of carbonyl (C=O) groups excluding carboxylic acids is 2. The highest BCUT2D eigenvalue weighted by Gasteiger charge is 2.18. The number of carbonyl (C=O) groups is 2. The highest BCUT2D eigenvalue weighted by Crippen LogP contribution is 2.45. The van der Waals surface area contributed by atoms with Gasteiger partial charge in [0.25, 0.3) is 0 Å². The van der Waals surface area contributed by atoms with E-state index >= 15 is 0 Å². The third-order valence-electron chi connectivity index (χ3n) is 2.32. The molecule has 1 unspecified atom stereocenters. The van der Waals surface area contributed by atoms with Gasteiger partial charge in [0, 0.05) is 23.6 Å². The fraction of sp³-hybridized carbons (Fsp3) is 0.333. The summed E-state index contributed by atoms with van der Waals surface area (Å²) in [5.74, 6) is 0.800. The Balaban J connectivity index is 0.000000249. The van der Waals surface area contributed by atoms with Crippen LogP contribution in [-0.2, 0) is 19.1 Å². The van der Waals surface area contributed by atoms with Gasteiger partial charge in [0.05, 0.1) is 0 Å². The monoisotopic (exact) mass is 328 g/mol. The summed E-state index contributed by atoms with van der Waals surface area (Å²) in [6.07, 6.45) is -0.998. The quantitative estimate of drug-likeness (QED) is 0.515. The van der Waals surface area contributed by atoms with E-state index in [2.05, 4.69) is 16.1 Å². The summed E-state index contributed by atoms with van der Waals surface area (Å²) in [6, 6.07) is 5.47. The van der Waals surface area contributed by atoms with E-state index in [9.17, 15) is 9.59 Å². The van der Waals surface area contributed by atoms with Crippen molar-refractivity contribution < 1.29 is 28.9 Å². The smallest absolute Gasteiger partial charge is 0.333 e. The maximum atomic E-state index is 10.8. The highest BCUT2D eigenvalue weighted by atomic mass is 35.5. The number of esters is 2. The minimum absolute atomic E-state index is 0.182. The summed E-state index contributed by atoms with van der Waals surface area (Å²) in [4.78, 5) is 21.2. The van der Waals surface area contributed by atoms with Crippen LogP contribution in [-0.4, -0.2) is 36.4 Å². The van der Waals surface area contributed by atoms with E-state index in [1.54, 1.807) is 6.07 Å². The number of ether oxygens (including phenoxy) is 3. The van der Waals surface area contributed by atoms with Gasteiger partial charge in [-0.15, -0.1) is 0 Å². The Kier molecular flexibility index (Phi) is 6.88. The average Bonchev–Trinajstić information content (AvgIpc) is 3.21. The molecular formula is C15H17ClO6. The molecule has 0 radical (unpaired) electrons. The first-order chi connectivity index (χ1) is 10.3. The van der Waals surface area contributed by atoms with Gasteiger partial charge in [-0.1, -0.05) is 18.2 Å². The van der Waals surface area contributed by atoms with E-state index in [0.29, 0.717) is 0 Å². The fourth-order valence-electron chi connectivity index (χ4n) is 1.20. The second kappa shape index (κ2) is 8.41. The maximum absolute atomic E-state index is 10.8. The summed E-state index contributed by atoms with van der Waals surface area (Å²) in [5.41, 5.74) is 0.254. The molecule has 6 nitrogen and oxygen atoms in total. The van der Waals surface area contributed by atoms with Crippen LogP contribution < -0.4 is 4.74 Å². The lowest BCUT2D eigenvalue weighted by Crippen LogP contribution is -2.24. The molecule has 1 aromatic rings. The van der Waals surface area contributed by atoms with E-state index in [1.807, 2.05) is 12.1 Å². The zero-order chi connectivity index (χ0) is 16.7. The van der Waals surface area contributed by atoms with Crippen LogP contribution in [0.3, 0.4) is 0 Å². The van der Waals surface area contributed by atoms with Crippen LogP contribution >= 0.6 is 11.6 Å². The second-order valence-electron chi connectivity index (χ2n) is 4.53. The van der Waals surface area contributed by atoms with Crippen LogP contribution in [0.5, 0.6) is 11.5 Å². The topological polar surface area (TPSA) is 85.4 Å². The van der Waals surface area contributed by atoms with Crippen LogP contribution in [0.15, 0.2) is 30.4 Å². The number of rotatable bonds is 5. The van der Waals surface area contributed by atoms with Crippen LogP contribution in [0.1, 0.15) is 13.8 Å². The number of halogens is 1. The molecule has 1 N–H and O–H groups in total. The van der Waals surface area contributed by atoms with Crippen molar-refractivity contribution in [2.45, 2.75) is 20.0 Å². The number of aliphatic hydroxyl groups excluding tert-OH is 1. The predicted molar refractivity (Wildman–Crippen MR) is 79.9 cm³/mol. The lowest BCUT2D eigenvalue weighted by molar-refractivity contribution is -0.148. The number of hydrogen-bond acceptors (Lipinski definition) is 6. The second-order valence-corrected chi connectivity index (χ2v) is 4.96. The Morgan fingerprint density at radius 3 is 2.41 bits per heavy atom. The average molecular weight is 329 g/mol. The molecule has 1 aliphatic rings. The predicted octanol–water partition coefficient (Wildman–Crippen LogP) is 2.48. The summed E-state index contributed by atoms with van der Waals surface area (Å²) in [6.45, 7) is 5.70. The molecule has 22 heavy (non-hydrogen) atoms. The van der Waals surface area contributed by atoms with Crippen molar-refractivity contribution in [2.24, 2.45) is 0 Å². The van der Waals surface area contributed by atoms with Gasteiger partial charge in [0.1, 0.15) is 19.3 Å². The molecule has 0 bridgehead atoms. The zero-order valence-corrected chi connectivity index (χ0v) is 13.1. The Labute approximate surface area is 133 Å².